The molecule has 8 aromatic rings. The maximum absolute atomic E-state index is 9.17. The van der Waals surface area contributed by atoms with Crippen molar-refractivity contribution in [3.05, 3.63) is 175 Å². The van der Waals surface area contributed by atoms with Gasteiger partial charge in [0.1, 0.15) is 18.0 Å². The Balaban J connectivity index is 1.33. The lowest BCUT2D eigenvalue weighted by Gasteiger charge is -2.19. The molecule has 0 spiro atoms. The molecule has 48 heavy (non-hydrogen) atoms. The molecule has 0 N–H and O–H groups in total. The van der Waals surface area contributed by atoms with Crippen LogP contribution in [0.2, 0.25) is 0 Å². The molecule has 0 saturated carbocycles. The van der Waals surface area contributed by atoms with Crippen LogP contribution < -0.4 is 0 Å². The van der Waals surface area contributed by atoms with Crippen molar-refractivity contribution in [1.82, 2.24) is 9.97 Å². The summed E-state index contributed by atoms with van der Waals surface area (Å²) in [6.07, 6.45) is 3.51. The first-order chi connectivity index (χ1) is 23.7. The van der Waals surface area contributed by atoms with Crippen LogP contribution in [0, 0.1) is 17.9 Å². The van der Waals surface area contributed by atoms with Gasteiger partial charge in [-0.1, -0.05) is 128 Å². The Bertz CT molecular complexity index is 2520. The Morgan fingerprint density at radius 2 is 0.917 bits per heavy atom. The molecule has 8 rings (SSSR count). The van der Waals surface area contributed by atoms with Gasteiger partial charge in [0.2, 0.25) is 0 Å². The fourth-order valence-corrected chi connectivity index (χ4v) is 6.52. The van der Waals surface area contributed by atoms with Crippen molar-refractivity contribution in [2.24, 2.45) is 0 Å². The van der Waals surface area contributed by atoms with E-state index in [0.717, 1.165) is 38.9 Å². The maximum atomic E-state index is 9.17. The molecule has 0 aliphatic heterocycles. The van der Waals surface area contributed by atoms with E-state index in [2.05, 4.69) is 136 Å². The number of hydrogen-bond donors (Lipinski definition) is 0. The second-order valence-electron chi connectivity index (χ2n) is 11.6. The summed E-state index contributed by atoms with van der Waals surface area (Å²) in [6, 6.07) is 52.8. The predicted molar refractivity (Wildman–Crippen MR) is 195 cm³/mol. The molecule has 222 valence electrons. The van der Waals surface area contributed by atoms with Crippen LogP contribution in [0.5, 0.6) is 0 Å². The van der Waals surface area contributed by atoms with Crippen molar-refractivity contribution in [2.45, 2.75) is 0 Å². The average Bonchev–Trinajstić information content (AvgIpc) is 3.17. The largest absolute Gasteiger partial charge is 0.361 e. The van der Waals surface area contributed by atoms with Gasteiger partial charge in [0.05, 0.1) is 0 Å². The summed E-state index contributed by atoms with van der Waals surface area (Å²) in [7, 11) is 0. The molecule has 0 fully saturated rings. The van der Waals surface area contributed by atoms with Gasteiger partial charge in [0.15, 0.2) is 0 Å². The zero-order valence-electron chi connectivity index (χ0n) is 25.8. The smallest absolute Gasteiger partial charge is 0.269 e. The molecule has 0 bridgehead atoms. The lowest BCUT2D eigenvalue weighted by atomic mass is 9.84. The van der Waals surface area contributed by atoms with E-state index in [4.69, 9.17) is 6.57 Å². The second kappa shape index (κ2) is 12.1. The van der Waals surface area contributed by atoms with E-state index in [-0.39, 0.29) is 0 Å². The minimum atomic E-state index is 0.393. The molecule has 0 aliphatic rings. The Hall–Kier alpha value is -6.88. The highest BCUT2D eigenvalue weighted by Gasteiger charge is 2.18. The first kappa shape index (κ1) is 28.6. The molecule has 0 aliphatic carbocycles. The molecule has 4 nitrogen and oxygen atoms in total. The Morgan fingerprint density at radius 3 is 1.46 bits per heavy atom. The number of hydrogen-bond acceptors (Lipinski definition) is 3. The molecule has 2 heterocycles. The number of fused-ring (bicyclic) bond motifs is 2. The summed E-state index contributed by atoms with van der Waals surface area (Å²) in [5.74, 6) is 0.393. The van der Waals surface area contributed by atoms with E-state index in [0.29, 0.717) is 11.5 Å². The van der Waals surface area contributed by atoms with Crippen LogP contribution >= 0.6 is 0 Å². The summed E-state index contributed by atoms with van der Waals surface area (Å²) in [5, 5.41) is 13.9. The number of rotatable bonds is 5. The SMILES string of the molecule is [C-]#[N+]c1ccc(-c2ccc(-c3c4ccccc4c(-c4ccc(-c5ccc(C#N)nc5)cc4)c4cc(-c5ccccc5)ccc34)cc2)cn1. The lowest BCUT2D eigenvalue weighted by Crippen LogP contribution is -1.92. The number of benzene rings is 6. The van der Waals surface area contributed by atoms with Gasteiger partial charge in [0, 0.05) is 17.3 Å². The quantitative estimate of drug-likeness (QED) is 0.144. The number of nitrogens with zero attached hydrogens (tertiary/aromatic N) is 4. The van der Waals surface area contributed by atoms with Gasteiger partial charge in [0.25, 0.3) is 5.82 Å². The first-order valence-corrected chi connectivity index (χ1v) is 15.7. The number of nitriles is 1. The van der Waals surface area contributed by atoms with Crippen molar-refractivity contribution in [2.75, 3.05) is 0 Å². The van der Waals surface area contributed by atoms with E-state index < -0.39 is 0 Å². The van der Waals surface area contributed by atoms with Crippen molar-refractivity contribution in [3.63, 3.8) is 0 Å². The van der Waals surface area contributed by atoms with E-state index in [1.807, 2.05) is 18.2 Å². The van der Waals surface area contributed by atoms with Crippen molar-refractivity contribution in [3.8, 4) is 61.7 Å². The van der Waals surface area contributed by atoms with Crippen molar-refractivity contribution < 1.29 is 0 Å². The predicted octanol–water partition coefficient (Wildman–Crippen LogP) is 11.5. The molecule has 0 amide bonds. The zero-order valence-corrected chi connectivity index (χ0v) is 25.8. The Kier molecular flexibility index (Phi) is 7.23. The highest BCUT2D eigenvalue weighted by atomic mass is 14.8. The molecular formula is C44H26N4. The molecule has 0 radical (unpaired) electrons. The van der Waals surface area contributed by atoms with Gasteiger partial charge in [-0.15, -0.1) is 4.98 Å². The van der Waals surface area contributed by atoms with Crippen molar-refractivity contribution in [1.29, 1.82) is 5.26 Å². The van der Waals surface area contributed by atoms with E-state index in [1.165, 1.54) is 38.2 Å². The van der Waals surface area contributed by atoms with E-state index in [9.17, 15) is 5.26 Å². The van der Waals surface area contributed by atoms with Crippen LogP contribution in [-0.4, -0.2) is 9.97 Å². The topological polar surface area (TPSA) is 53.9 Å². The maximum Gasteiger partial charge on any atom is 0.269 e. The molecule has 0 atom stereocenters. The molecule has 4 heteroatoms. The summed E-state index contributed by atoms with van der Waals surface area (Å²) in [5.41, 5.74) is 11.4. The minimum absolute atomic E-state index is 0.393. The molecule has 6 aromatic carbocycles. The molecule has 0 unspecified atom stereocenters. The third kappa shape index (κ3) is 5.14. The first-order valence-electron chi connectivity index (χ1n) is 15.7. The normalized spacial score (nSPS) is 10.9. The molecule has 0 saturated heterocycles. The molecular weight excluding hydrogens is 585 g/mol. The van der Waals surface area contributed by atoms with Crippen LogP contribution in [-0.2, 0) is 0 Å². The fourth-order valence-electron chi connectivity index (χ4n) is 6.52. The minimum Gasteiger partial charge on any atom is -0.361 e. The zero-order chi connectivity index (χ0) is 32.5. The summed E-state index contributed by atoms with van der Waals surface area (Å²) < 4.78 is 0. The van der Waals surface area contributed by atoms with Gasteiger partial charge < -0.3 is 4.85 Å². The highest BCUT2D eigenvalue weighted by molar-refractivity contribution is 6.22. The van der Waals surface area contributed by atoms with E-state index >= 15 is 0 Å². The number of pyridine rings is 2. The molecule has 2 aromatic heterocycles. The van der Waals surface area contributed by atoms with Gasteiger partial charge in [-0.05, 0) is 90.3 Å². The lowest BCUT2D eigenvalue weighted by molar-refractivity contribution is 1.26. The van der Waals surface area contributed by atoms with Crippen LogP contribution in [0.25, 0.3) is 82.0 Å². The van der Waals surface area contributed by atoms with Crippen molar-refractivity contribution >= 4 is 27.4 Å². The third-order valence-corrected chi connectivity index (χ3v) is 8.89. The monoisotopic (exact) mass is 610 g/mol. The van der Waals surface area contributed by atoms with Crippen LogP contribution in [0.1, 0.15) is 5.69 Å². The highest BCUT2D eigenvalue weighted by Crippen LogP contribution is 2.45. The summed E-state index contributed by atoms with van der Waals surface area (Å²) in [4.78, 5) is 12.0. The Labute approximate surface area is 278 Å². The summed E-state index contributed by atoms with van der Waals surface area (Å²) in [6.45, 7) is 7.22. The standard InChI is InChI=1S/C44H26N4/c1-46-42-24-21-36(28-48-42)31-11-15-32(16-12-31)43-38-9-5-6-10-39(38)44(41-25-34(20-23-40(41)43)29-7-3-2-4-8-29)33-17-13-30(14-18-33)35-19-22-37(26-45)47-27-35/h2-25,27-28H. The average molecular weight is 611 g/mol. The third-order valence-electron chi connectivity index (χ3n) is 8.89. The Morgan fingerprint density at radius 1 is 0.438 bits per heavy atom. The fraction of sp³-hybridized carbons (Fsp3) is 0. The van der Waals surface area contributed by atoms with Gasteiger partial charge >= 0.3 is 0 Å². The van der Waals surface area contributed by atoms with Gasteiger partial charge in [-0.25, -0.2) is 4.98 Å². The van der Waals surface area contributed by atoms with Gasteiger partial charge in [-0.3, -0.25) is 0 Å². The van der Waals surface area contributed by atoms with Gasteiger partial charge in [-0.2, -0.15) is 5.26 Å². The van der Waals surface area contributed by atoms with Crippen LogP contribution in [0.15, 0.2) is 158 Å². The van der Waals surface area contributed by atoms with E-state index in [1.54, 1.807) is 24.5 Å². The van der Waals surface area contributed by atoms with Crippen LogP contribution in [0.3, 0.4) is 0 Å². The number of aromatic nitrogens is 2. The summed E-state index contributed by atoms with van der Waals surface area (Å²) >= 11 is 0. The second-order valence-corrected chi connectivity index (χ2v) is 11.6. The van der Waals surface area contributed by atoms with Crippen LogP contribution in [0.4, 0.5) is 5.82 Å².